The number of carboxylic acids is 1. The number of hydrogen-bond acceptors (Lipinski definition) is 8. The number of carbonyl (C=O) groups is 5. The second-order valence-electron chi connectivity index (χ2n) is 13.2. The molecule has 0 aromatic heterocycles. The Morgan fingerprint density at radius 3 is 2.43 bits per heavy atom. The van der Waals surface area contributed by atoms with Crippen molar-refractivity contribution in [3.63, 3.8) is 0 Å². The van der Waals surface area contributed by atoms with Crippen molar-refractivity contribution < 1.29 is 38.9 Å². The van der Waals surface area contributed by atoms with Crippen LogP contribution in [0.5, 0.6) is 11.5 Å². The van der Waals surface area contributed by atoms with Crippen molar-refractivity contribution >= 4 is 74.4 Å². The van der Waals surface area contributed by atoms with E-state index in [9.17, 15) is 29.4 Å². The number of phenolic OH excluding ortho intramolecular Hbond substituents is 1. The van der Waals surface area contributed by atoms with Crippen LogP contribution in [0.1, 0.15) is 42.7 Å². The number of carbonyl (C=O) groups excluding carboxylic acids is 4. The second-order valence-corrected chi connectivity index (χ2v) is 15.0. The molecule has 6 unspecified atom stereocenters. The zero-order chi connectivity index (χ0) is 36.4. The fourth-order valence-electron chi connectivity index (χ4n) is 8.62. The quantitative estimate of drug-likeness (QED) is 0.167. The van der Waals surface area contributed by atoms with Crippen molar-refractivity contribution in [2.75, 3.05) is 19.1 Å². The molecule has 3 aromatic rings. The van der Waals surface area contributed by atoms with Crippen molar-refractivity contribution in [1.82, 2.24) is 9.91 Å². The van der Waals surface area contributed by atoms with Gasteiger partial charge in [0.25, 0.3) is 11.8 Å². The van der Waals surface area contributed by atoms with E-state index in [1.54, 1.807) is 48.5 Å². The minimum absolute atomic E-state index is 0.0367. The largest absolute Gasteiger partial charge is 0.508 e. The topological polar surface area (TPSA) is 154 Å². The minimum atomic E-state index is -1.63. The first-order valence-corrected chi connectivity index (χ1v) is 17.9. The number of fused-ring (bicyclic) bond motifs is 4. The summed E-state index contributed by atoms with van der Waals surface area (Å²) in [7, 11) is 1.52. The first-order chi connectivity index (χ1) is 24.4. The van der Waals surface area contributed by atoms with Gasteiger partial charge in [0.05, 0.1) is 41.0 Å². The number of anilines is 1. The van der Waals surface area contributed by atoms with Crippen LogP contribution in [0.2, 0.25) is 10.0 Å². The van der Waals surface area contributed by atoms with Crippen LogP contribution < -0.4 is 10.2 Å². The number of nitrogens with one attached hydrogen (secondary N) is 1. The third-order valence-corrected chi connectivity index (χ3v) is 11.8. The molecule has 3 N–H and O–H groups in total. The number of carboxylic acid groups (broad SMARTS) is 1. The summed E-state index contributed by atoms with van der Waals surface area (Å²) in [4.78, 5) is 70.2. The summed E-state index contributed by atoms with van der Waals surface area (Å²) in [5, 5.41) is 22.2. The number of rotatable bonds is 9. The van der Waals surface area contributed by atoms with Gasteiger partial charge in [0.2, 0.25) is 11.8 Å². The maximum Gasteiger partial charge on any atom is 0.303 e. The lowest BCUT2D eigenvalue weighted by atomic mass is 9.49. The first kappa shape index (κ1) is 35.0. The molecule has 51 heavy (non-hydrogen) atoms. The van der Waals surface area contributed by atoms with Crippen molar-refractivity contribution in [2.24, 2.45) is 23.7 Å². The molecule has 11 nitrogen and oxygen atoms in total. The molecule has 2 aliphatic heterocycles. The average molecular weight is 797 g/mol. The molecular formula is C37H32BrCl2N3O8. The molecule has 2 saturated heterocycles. The van der Waals surface area contributed by atoms with Gasteiger partial charge in [0, 0.05) is 33.9 Å². The summed E-state index contributed by atoms with van der Waals surface area (Å²) in [5.41, 5.74) is 3.10. The van der Waals surface area contributed by atoms with E-state index in [-0.39, 0.29) is 54.6 Å². The van der Waals surface area contributed by atoms with Gasteiger partial charge in [-0.25, -0.2) is 0 Å². The van der Waals surface area contributed by atoms with Gasteiger partial charge in [-0.3, -0.25) is 34.3 Å². The Bertz CT molecular complexity index is 2020. The number of hydrogen-bond donors (Lipinski definition) is 3. The van der Waals surface area contributed by atoms with E-state index in [0.717, 1.165) is 9.91 Å². The highest BCUT2D eigenvalue weighted by atomic mass is 79.9. The van der Waals surface area contributed by atoms with E-state index < -0.39 is 58.7 Å². The second kappa shape index (κ2) is 13.3. The van der Waals surface area contributed by atoms with Crippen LogP contribution in [0, 0.1) is 23.7 Å². The summed E-state index contributed by atoms with van der Waals surface area (Å²) in [6.45, 7) is -0.0367. The smallest absolute Gasteiger partial charge is 0.303 e. The first-order valence-electron chi connectivity index (χ1n) is 16.4. The third-order valence-electron chi connectivity index (χ3n) is 10.7. The zero-order valence-corrected chi connectivity index (χ0v) is 30.2. The lowest BCUT2D eigenvalue weighted by molar-refractivity contribution is -0.142. The number of aliphatic carboxylic acids is 1. The molecule has 3 aromatic carbocycles. The van der Waals surface area contributed by atoms with E-state index in [1.165, 1.54) is 19.2 Å². The predicted molar refractivity (Wildman–Crippen MR) is 190 cm³/mol. The molecule has 4 amide bonds. The number of benzene rings is 3. The number of methoxy groups -OCH3 is 1. The molecule has 2 aliphatic carbocycles. The SMILES string of the molecule is COc1ccc(C23C(=O)N(Nc4ccc(Cl)cc4Cl)C(=O)C2CC2C(=CCC4C(=O)N(CCCC(=O)O)C(=O)C42)C3c2cc(Br)ccc2O)cc1. The summed E-state index contributed by atoms with van der Waals surface area (Å²) in [6.07, 6.45) is 2.02. The highest BCUT2D eigenvalue weighted by Gasteiger charge is 2.70. The molecule has 7 rings (SSSR count). The summed E-state index contributed by atoms with van der Waals surface area (Å²) >= 11 is 16.2. The molecule has 1 saturated carbocycles. The standard InChI is InChI=1S/C37H32BrCl2N3O8/c1-51-21-8-4-18(5-9-21)37-26(34(48)43(36(37)50)41-28-12-7-20(39)16-27(28)40)17-24-22(32(37)25-15-19(38)6-13-29(25)44)10-11-23-31(24)35(49)42(33(23)47)14-2-3-30(45)46/h4-10,12-13,15-16,23-24,26,31-32,41,44H,2-3,11,14,17H2,1H3,(H,45,46). The lowest BCUT2D eigenvalue weighted by Gasteiger charge is -2.50. The van der Waals surface area contributed by atoms with E-state index in [4.69, 9.17) is 27.9 Å². The van der Waals surface area contributed by atoms with Crippen LogP contribution in [-0.4, -0.2) is 63.4 Å². The van der Waals surface area contributed by atoms with Crippen LogP contribution >= 0.6 is 39.1 Å². The van der Waals surface area contributed by atoms with Crippen LogP contribution in [0.4, 0.5) is 5.69 Å². The molecule has 0 radical (unpaired) electrons. The van der Waals surface area contributed by atoms with Gasteiger partial charge in [-0.15, -0.1) is 0 Å². The van der Waals surface area contributed by atoms with E-state index in [0.29, 0.717) is 31.9 Å². The molecule has 14 heteroatoms. The summed E-state index contributed by atoms with van der Waals surface area (Å²) in [5.74, 6) is -6.83. The highest BCUT2D eigenvalue weighted by molar-refractivity contribution is 9.10. The van der Waals surface area contributed by atoms with Crippen molar-refractivity contribution in [3.05, 3.63) is 98.0 Å². The number of amides is 4. The number of aromatic hydroxyl groups is 1. The maximum absolute atomic E-state index is 15.3. The number of allylic oxidation sites excluding steroid dienone is 2. The fourth-order valence-corrected chi connectivity index (χ4v) is 9.45. The van der Waals surface area contributed by atoms with Gasteiger partial charge in [0.15, 0.2) is 0 Å². The Labute approximate surface area is 311 Å². The maximum atomic E-state index is 15.3. The molecule has 0 spiro atoms. The monoisotopic (exact) mass is 795 g/mol. The summed E-state index contributed by atoms with van der Waals surface area (Å²) < 4.78 is 6.04. The number of halogens is 3. The third kappa shape index (κ3) is 5.59. The van der Waals surface area contributed by atoms with E-state index in [2.05, 4.69) is 21.4 Å². The number of phenols is 1. The Morgan fingerprint density at radius 1 is 1.00 bits per heavy atom. The van der Waals surface area contributed by atoms with Crippen LogP contribution in [0.15, 0.2) is 76.8 Å². The van der Waals surface area contributed by atoms with Gasteiger partial charge < -0.3 is 14.9 Å². The number of imide groups is 2. The molecule has 264 valence electrons. The Hall–Kier alpha value is -4.39. The van der Waals surface area contributed by atoms with Gasteiger partial charge in [0.1, 0.15) is 11.5 Å². The number of hydrazine groups is 1. The molecular weight excluding hydrogens is 765 g/mol. The van der Waals surface area contributed by atoms with Crippen molar-refractivity contribution in [1.29, 1.82) is 0 Å². The average Bonchev–Trinajstić information content (AvgIpc) is 3.47. The predicted octanol–water partition coefficient (Wildman–Crippen LogP) is 6.32. The Kier molecular flexibility index (Phi) is 9.14. The molecule has 3 fully saturated rings. The number of ether oxygens (including phenoxy) is 1. The highest BCUT2D eigenvalue weighted by Crippen LogP contribution is 2.65. The van der Waals surface area contributed by atoms with Gasteiger partial charge in [-0.1, -0.05) is 62.9 Å². The van der Waals surface area contributed by atoms with E-state index >= 15 is 4.79 Å². The van der Waals surface area contributed by atoms with Gasteiger partial charge >= 0.3 is 5.97 Å². The van der Waals surface area contributed by atoms with Crippen molar-refractivity contribution in [2.45, 2.75) is 37.0 Å². The molecule has 2 heterocycles. The Morgan fingerprint density at radius 2 is 1.75 bits per heavy atom. The number of nitrogens with zero attached hydrogens (tertiary/aromatic N) is 2. The van der Waals surface area contributed by atoms with E-state index in [1.807, 2.05) is 6.08 Å². The lowest BCUT2D eigenvalue weighted by Crippen LogP contribution is -2.53. The van der Waals surface area contributed by atoms with Crippen LogP contribution in [0.25, 0.3) is 0 Å². The van der Waals surface area contributed by atoms with Crippen LogP contribution in [0.3, 0.4) is 0 Å². The summed E-state index contributed by atoms with van der Waals surface area (Å²) in [6, 6.07) is 16.4. The Balaban J connectivity index is 1.42. The van der Waals surface area contributed by atoms with Crippen LogP contribution in [-0.2, 0) is 29.4 Å². The fraction of sp³-hybridized carbons (Fsp3) is 0.324. The molecule has 0 bridgehead atoms. The molecule has 6 atom stereocenters. The normalized spacial score (nSPS) is 26.8. The van der Waals surface area contributed by atoms with Gasteiger partial charge in [-0.05, 0) is 79.3 Å². The molecule has 4 aliphatic rings. The number of likely N-dealkylation sites (tertiary alicyclic amines) is 1. The zero-order valence-electron chi connectivity index (χ0n) is 27.1. The van der Waals surface area contributed by atoms with Gasteiger partial charge in [-0.2, -0.15) is 5.01 Å². The minimum Gasteiger partial charge on any atom is -0.508 e. The van der Waals surface area contributed by atoms with Crippen molar-refractivity contribution in [3.8, 4) is 11.5 Å².